The second kappa shape index (κ2) is 5.90. The van der Waals surface area contributed by atoms with Gasteiger partial charge in [0.2, 0.25) is 0 Å². The summed E-state index contributed by atoms with van der Waals surface area (Å²) in [6.07, 6.45) is 3.38. The normalized spacial score (nSPS) is 11.5. The van der Waals surface area contributed by atoms with E-state index in [0.717, 1.165) is 31.4 Å². The molecule has 0 spiro atoms. The smallest absolute Gasteiger partial charge is 0.118 e. The summed E-state index contributed by atoms with van der Waals surface area (Å²) in [6, 6.07) is 8.05. The first-order valence-corrected chi connectivity index (χ1v) is 5.99. The van der Waals surface area contributed by atoms with E-state index in [2.05, 4.69) is 12.1 Å². The molecule has 0 fully saturated rings. The third-order valence-electron chi connectivity index (χ3n) is 3.35. The molecule has 0 unspecified atom stereocenters. The first-order valence-electron chi connectivity index (χ1n) is 5.99. The molecule has 1 aromatic rings. The maximum atomic E-state index is 10.2. The molecule has 0 radical (unpaired) electrons. The summed E-state index contributed by atoms with van der Waals surface area (Å²) in [5.74, 6) is 0.880. The third-order valence-corrected chi connectivity index (χ3v) is 3.35. The lowest BCUT2D eigenvalue weighted by molar-refractivity contribution is 0.0239. The zero-order valence-electron chi connectivity index (χ0n) is 10.5. The number of hydrogen-bond acceptors (Lipinski definition) is 2. The molecule has 0 atom stereocenters. The fourth-order valence-corrected chi connectivity index (χ4v) is 1.77. The lowest BCUT2D eigenvalue weighted by atomic mass is 9.90. The summed E-state index contributed by atoms with van der Waals surface area (Å²) < 4.78 is 5.11. The van der Waals surface area contributed by atoms with Gasteiger partial charge in [-0.25, -0.2) is 0 Å². The van der Waals surface area contributed by atoms with Crippen molar-refractivity contribution in [2.75, 3.05) is 7.11 Å². The van der Waals surface area contributed by atoms with E-state index < -0.39 is 5.60 Å². The number of rotatable bonds is 6. The standard InChI is InChI=1S/C14H22O2/c1-4-14(15,5-2)11-10-12-6-8-13(16-3)9-7-12/h6-9,15H,4-5,10-11H2,1-3H3. The van der Waals surface area contributed by atoms with Crippen molar-refractivity contribution in [1.82, 2.24) is 0 Å². The maximum absolute atomic E-state index is 10.2. The summed E-state index contributed by atoms with van der Waals surface area (Å²) in [6.45, 7) is 4.08. The summed E-state index contributed by atoms with van der Waals surface area (Å²) in [5, 5.41) is 10.2. The second-order valence-electron chi connectivity index (χ2n) is 4.28. The highest BCUT2D eigenvalue weighted by Gasteiger charge is 2.21. The van der Waals surface area contributed by atoms with Gasteiger partial charge < -0.3 is 9.84 Å². The Balaban J connectivity index is 2.54. The van der Waals surface area contributed by atoms with Crippen LogP contribution in [0.4, 0.5) is 0 Å². The molecule has 0 saturated heterocycles. The fraction of sp³-hybridized carbons (Fsp3) is 0.571. The first kappa shape index (κ1) is 13.0. The molecule has 1 rings (SSSR count). The van der Waals surface area contributed by atoms with Gasteiger partial charge in [0.25, 0.3) is 0 Å². The molecule has 2 heteroatoms. The van der Waals surface area contributed by atoms with Gasteiger partial charge in [0, 0.05) is 0 Å². The van der Waals surface area contributed by atoms with Gasteiger partial charge in [-0.3, -0.25) is 0 Å². The Labute approximate surface area is 98.3 Å². The molecule has 0 aliphatic carbocycles. The Bertz CT molecular complexity index is 299. The monoisotopic (exact) mass is 222 g/mol. The maximum Gasteiger partial charge on any atom is 0.118 e. The highest BCUT2D eigenvalue weighted by molar-refractivity contribution is 5.27. The van der Waals surface area contributed by atoms with Crippen LogP contribution in [0.5, 0.6) is 5.75 Å². The highest BCUT2D eigenvalue weighted by atomic mass is 16.5. The molecule has 0 amide bonds. The molecule has 90 valence electrons. The van der Waals surface area contributed by atoms with Gasteiger partial charge in [-0.15, -0.1) is 0 Å². The van der Waals surface area contributed by atoms with Crippen molar-refractivity contribution < 1.29 is 9.84 Å². The Morgan fingerprint density at radius 1 is 1.12 bits per heavy atom. The van der Waals surface area contributed by atoms with Crippen LogP contribution < -0.4 is 4.74 Å². The van der Waals surface area contributed by atoms with E-state index in [-0.39, 0.29) is 0 Å². The van der Waals surface area contributed by atoms with Crippen molar-refractivity contribution in [2.24, 2.45) is 0 Å². The number of benzene rings is 1. The molecule has 16 heavy (non-hydrogen) atoms. The van der Waals surface area contributed by atoms with E-state index in [1.54, 1.807) is 7.11 Å². The van der Waals surface area contributed by atoms with E-state index in [1.165, 1.54) is 5.56 Å². The van der Waals surface area contributed by atoms with Gasteiger partial charge in [0.15, 0.2) is 0 Å². The van der Waals surface area contributed by atoms with Crippen LogP contribution in [0, 0.1) is 0 Å². The van der Waals surface area contributed by atoms with Gasteiger partial charge in [-0.2, -0.15) is 0 Å². The van der Waals surface area contributed by atoms with Crippen LogP contribution in [0.15, 0.2) is 24.3 Å². The molecule has 0 aliphatic rings. The summed E-state index contributed by atoms with van der Waals surface area (Å²) in [5.41, 5.74) is 0.751. The number of aliphatic hydroxyl groups is 1. The second-order valence-corrected chi connectivity index (χ2v) is 4.28. The van der Waals surface area contributed by atoms with Crippen LogP contribution in [0.2, 0.25) is 0 Å². The minimum atomic E-state index is -0.500. The average molecular weight is 222 g/mol. The lowest BCUT2D eigenvalue weighted by Crippen LogP contribution is -2.27. The van der Waals surface area contributed by atoms with E-state index in [9.17, 15) is 5.11 Å². The Hall–Kier alpha value is -1.02. The summed E-state index contributed by atoms with van der Waals surface area (Å²) in [7, 11) is 1.67. The molecular formula is C14H22O2. The van der Waals surface area contributed by atoms with E-state index in [4.69, 9.17) is 4.74 Å². The molecule has 0 saturated carbocycles. The topological polar surface area (TPSA) is 29.5 Å². The van der Waals surface area contributed by atoms with Gasteiger partial charge >= 0.3 is 0 Å². The fourth-order valence-electron chi connectivity index (χ4n) is 1.77. The van der Waals surface area contributed by atoms with Gasteiger partial charge in [0.05, 0.1) is 12.7 Å². The number of hydrogen-bond donors (Lipinski definition) is 1. The molecular weight excluding hydrogens is 200 g/mol. The predicted octanol–water partition coefficient (Wildman–Crippen LogP) is 3.18. The molecule has 2 nitrogen and oxygen atoms in total. The summed E-state index contributed by atoms with van der Waals surface area (Å²) in [4.78, 5) is 0. The Morgan fingerprint density at radius 2 is 1.69 bits per heavy atom. The molecule has 0 bridgehead atoms. The van der Waals surface area contributed by atoms with Gasteiger partial charge in [0.1, 0.15) is 5.75 Å². The van der Waals surface area contributed by atoms with Crippen molar-refractivity contribution in [3.63, 3.8) is 0 Å². The van der Waals surface area contributed by atoms with E-state index in [0.29, 0.717) is 0 Å². The largest absolute Gasteiger partial charge is 0.497 e. The van der Waals surface area contributed by atoms with Crippen molar-refractivity contribution in [2.45, 2.75) is 45.1 Å². The third kappa shape index (κ3) is 3.53. The van der Waals surface area contributed by atoms with Crippen molar-refractivity contribution >= 4 is 0 Å². The molecule has 0 aromatic heterocycles. The van der Waals surface area contributed by atoms with Crippen LogP contribution >= 0.6 is 0 Å². The van der Waals surface area contributed by atoms with Gasteiger partial charge in [-0.05, 0) is 43.4 Å². The van der Waals surface area contributed by atoms with Crippen molar-refractivity contribution in [3.8, 4) is 5.75 Å². The van der Waals surface area contributed by atoms with E-state index in [1.807, 2.05) is 26.0 Å². The van der Waals surface area contributed by atoms with Crippen LogP contribution in [0.3, 0.4) is 0 Å². The number of ether oxygens (including phenoxy) is 1. The Morgan fingerprint density at radius 3 is 2.12 bits per heavy atom. The van der Waals surface area contributed by atoms with Crippen LogP contribution in [0.25, 0.3) is 0 Å². The number of aryl methyl sites for hydroxylation is 1. The predicted molar refractivity (Wildman–Crippen MR) is 66.8 cm³/mol. The molecule has 0 heterocycles. The highest BCUT2D eigenvalue weighted by Crippen LogP contribution is 2.22. The first-order chi connectivity index (χ1) is 7.63. The quantitative estimate of drug-likeness (QED) is 0.801. The van der Waals surface area contributed by atoms with Gasteiger partial charge in [-0.1, -0.05) is 26.0 Å². The average Bonchev–Trinajstić information content (AvgIpc) is 2.36. The number of methoxy groups -OCH3 is 1. The van der Waals surface area contributed by atoms with Crippen molar-refractivity contribution in [3.05, 3.63) is 29.8 Å². The van der Waals surface area contributed by atoms with Crippen LogP contribution in [0.1, 0.15) is 38.7 Å². The SMILES string of the molecule is CCC(O)(CC)CCc1ccc(OC)cc1. The molecule has 1 N–H and O–H groups in total. The molecule has 0 aliphatic heterocycles. The lowest BCUT2D eigenvalue weighted by Gasteiger charge is -2.25. The minimum absolute atomic E-state index is 0.500. The van der Waals surface area contributed by atoms with E-state index >= 15 is 0 Å². The minimum Gasteiger partial charge on any atom is -0.497 e. The Kier molecular flexibility index (Phi) is 4.81. The zero-order valence-corrected chi connectivity index (χ0v) is 10.5. The van der Waals surface area contributed by atoms with Crippen LogP contribution in [-0.4, -0.2) is 17.8 Å². The van der Waals surface area contributed by atoms with Crippen LogP contribution in [-0.2, 0) is 6.42 Å². The van der Waals surface area contributed by atoms with Crippen molar-refractivity contribution in [1.29, 1.82) is 0 Å². The summed E-state index contributed by atoms with van der Waals surface area (Å²) >= 11 is 0. The zero-order chi connectivity index (χ0) is 12.0. The molecule has 1 aromatic carbocycles.